The lowest BCUT2D eigenvalue weighted by molar-refractivity contribution is 0.0984. The Labute approximate surface area is 188 Å². The smallest absolute Gasteiger partial charge is 0.260 e. The number of halogens is 1. The van der Waals surface area contributed by atoms with Crippen LogP contribution in [0.5, 0.6) is 11.5 Å². The van der Waals surface area contributed by atoms with Gasteiger partial charge in [0.05, 0.1) is 10.2 Å². The van der Waals surface area contributed by atoms with Crippen LogP contribution in [0.4, 0.5) is 5.13 Å². The fourth-order valence-corrected chi connectivity index (χ4v) is 4.65. The molecule has 0 unspecified atom stereocenters. The van der Waals surface area contributed by atoms with Crippen molar-refractivity contribution in [3.8, 4) is 11.5 Å². The summed E-state index contributed by atoms with van der Waals surface area (Å²) in [5, 5.41) is 0.687. The number of likely N-dealkylation sites (N-methyl/N-ethyl adjacent to an activating group) is 1. The molecule has 2 heterocycles. The Bertz CT molecular complexity index is 991. The number of amides is 1. The van der Waals surface area contributed by atoms with Crippen LogP contribution in [-0.2, 0) is 0 Å². The second-order valence-corrected chi connectivity index (χ2v) is 8.88. The average molecular weight is 490 g/mol. The fraction of sp³-hybridized carbons (Fsp3) is 0.364. The summed E-state index contributed by atoms with van der Waals surface area (Å²) >= 11 is 4.94. The highest BCUT2D eigenvalue weighted by Crippen LogP contribution is 2.39. The molecule has 6 nitrogen and oxygen atoms in total. The first-order chi connectivity index (χ1) is 14.6. The third-order valence-electron chi connectivity index (χ3n) is 5.14. The van der Waals surface area contributed by atoms with Crippen LogP contribution in [0.1, 0.15) is 24.2 Å². The molecule has 0 aliphatic carbocycles. The first-order valence-electron chi connectivity index (χ1n) is 10.1. The number of rotatable bonds is 7. The van der Waals surface area contributed by atoms with Crippen LogP contribution < -0.4 is 14.4 Å². The van der Waals surface area contributed by atoms with Crippen LogP contribution in [0.2, 0.25) is 0 Å². The zero-order valence-electron chi connectivity index (χ0n) is 17.1. The minimum absolute atomic E-state index is 0.0500. The molecule has 0 bridgehead atoms. The van der Waals surface area contributed by atoms with Crippen LogP contribution in [-0.4, -0.2) is 55.2 Å². The summed E-state index contributed by atoms with van der Waals surface area (Å²) in [5.74, 6) is 1.39. The number of hydrogen-bond donors (Lipinski definition) is 0. The van der Waals surface area contributed by atoms with Gasteiger partial charge in [0, 0.05) is 35.3 Å². The number of carbonyl (C=O) groups is 1. The van der Waals surface area contributed by atoms with E-state index >= 15 is 0 Å². The van der Waals surface area contributed by atoms with Crippen molar-refractivity contribution >= 4 is 48.5 Å². The molecule has 0 saturated heterocycles. The molecule has 1 aromatic heterocycles. The zero-order chi connectivity index (χ0) is 21.1. The molecule has 0 radical (unpaired) electrons. The van der Waals surface area contributed by atoms with Crippen molar-refractivity contribution in [2.45, 2.75) is 13.8 Å². The SMILES string of the molecule is CCN(CC)CCN(C(=O)c1ccc(Br)cc1)c1nc2cc3c(cc2s1)OCCO3. The number of aromatic nitrogens is 1. The van der Waals surface area contributed by atoms with Crippen molar-refractivity contribution in [2.75, 3.05) is 44.3 Å². The molecular weight excluding hydrogens is 466 g/mol. The van der Waals surface area contributed by atoms with Crippen molar-refractivity contribution in [2.24, 2.45) is 0 Å². The van der Waals surface area contributed by atoms with E-state index in [1.165, 1.54) is 11.3 Å². The zero-order valence-corrected chi connectivity index (χ0v) is 19.5. The Morgan fingerprint density at radius 2 is 1.73 bits per heavy atom. The summed E-state index contributed by atoms with van der Waals surface area (Å²) in [5.41, 5.74) is 1.46. The van der Waals surface area contributed by atoms with E-state index in [9.17, 15) is 4.79 Å². The van der Waals surface area contributed by atoms with E-state index in [2.05, 4.69) is 34.7 Å². The summed E-state index contributed by atoms with van der Waals surface area (Å²) in [4.78, 5) is 22.2. The molecular formula is C22H24BrN3O3S. The van der Waals surface area contributed by atoms with E-state index in [0.29, 0.717) is 36.2 Å². The van der Waals surface area contributed by atoms with Gasteiger partial charge in [-0.15, -0.1) is 0 Å². The molecule has 0 spiro atoms. The maximum Gasteiger partial charge on any atom is 0.260 e. The summed E-state index contributed by atoms with van der Waals surface area (Å²) in [6, 6.07) is 11.3. The van der Waals surface area contributed by atoms with Crippen LogP contribution in [0.25, 0.3) is 10.2 Å². The van der Waals surface area contributed by atoms with Gasteiger partial charge in [0.1, 0.15) is 13.2 Å². The lowest BCUT2D eigenvalue weighted by Gasteiger charge is -2.24. The number of thiazole rings is 1. The summed E-state index contributed by atoms with van der Waals surface area (Å²) in [7, 11) is 0. The van der Waals surface area contributed by atoms with Gasteiger partial charge >= 0.3 is 0 Å². The first kappa shape index (κ1) is 21.1. The molecule has 1 amide bonds. The molecule has 8 heteroatoms. The number of benzene rings is 2. The van der Waals surface area contributed by atoms with Gasteiger partial charge in [0.15, 0.2) is 16.6 Å². The van der Waals surface area contributed by atoms with Crippen LogP contribution in [0, 0.1) is 0 Å². The Balaban J connectivity index is 1.68. The highest BCUT2D eigenvalue weighted by molar-refractivity contribution is 9.10. The molecule has 30 heavy (non-hydrogen) atoms. The van der Waals surface area contributed by atoms with Gasteiger partial charge in [0.25, 0.3) is 5.91 Å². The molecule has 2 aromatic carbocycles. The Kier molecular flexibility index (Phi) is 6.55. The highest BCUT2D eigenvalue weighted by atomic mass is 79.9. The quantitative estimate of drug-likeness (QED) is 0.476. The van der Waals surface area contributed by atoms with Crippen molar-refractivity contribution in [1.82, 2.24) is 9.88 Å². The van der Waals surface area contributed by atoms with Crippen LogP contribution >= 0.6 is 27.3 Å². The maximum atomic E-state index is 13.4. The van der Waals surface area contributed by atoms with Crippen molar-refractivity contribution in [3.05, 3.63) is 46.4 Å². The minimum atomic E-state index is -0.0500. The third kappa shape index (κ3) is 4.45. The molecule has 4 rings (SSSR count). The summed E-state index contributed by atoms with van der Waals surface area (Å²) in [6.45, 7) is 8.59. The van der Waals surface area contributed by atoms with Gasteiger partial charge in [0.2, 0.25) is 0 Å². The number of fused-ring (bicyclic) bond motifs is 2. The lowest BCUT2D eigenvalue weighted by atomic mass is 10.2. The largest absolute Gasteiger partial charge is 0.486 e. The van der Waals surface area contributed by atoms with Crippen molar-refractivity contribution in [3.63, 3.8) is 0 Å². The number of nitrogens with zero attached hydrogens (tertiary/aromatic N) is 3. The predicted molar refractivity (Wildman–Crippen MR) is 124 cm³/mol. The highest BCUT2D eigenvalue weighted by Gasteiger charge is 2.23. The number of carbonyl (C=O) groups excluding carboxylic acids is 1. The van der Waals surface area contributed by atoms with E-state index in [4.69, 9.17) is 14.5 Å². The molecule has 3 aromatic rings. The second-order valence-electron chi connectivity index (χ2n) is 6.95. The van der Waals surface area contributed by atoms with Gasteiger partial charge in [-0.1, -0.05) is 41.1 Å². The van der Waals surface area contributed by atoms with Crippen molar-refractivity contribution in [1.29, 1.82) is 0 Å². The van der Waals surface area contributed by atoms with Gasteiger partial charge in [-0.05, 0) is 37.4 Å². The first-order valence-corrected chi connectivity index (χ1v) is 11.7. The van der Waals surface area contributed by atoms with Gasteiger partial charge in [-0.2, -0.15) is 0 Å². The van der Waals surface area contributed by atoms with Gasteiger partial charge in [-0.3, -0.25) is 9.69 Å². The normalized spacial score (nSPS) is 13.1. The van der Waals surface area contributed by atoms with E-state index in [1.807, 2.05) is 36.4 Å². The molecule has 0 atom stereocenters. The van der Waals surface area contributed by atoms with Gasteiger partial charge in [-0.25, -0.2) is 4.98 Å². The predicted octanol–water partition coefficient (Wildman–Crippen LogP) is 4.82. The number of anilines is 1. The Hall–Kier alpha value is -2.16. The minimum Gasteiger partial charge on any atom is -0.486 e. The monoisotopic (exact) mass is 489 g/mol. The topological polar surface area (TPSA) is 54.9 Å². The Morgan fingerprint density at radius 3 is 2.40 bits per heavy atom. The van der Waals surface area contributed by atoms with E-state index in [0.717, 1.165) is 40.1 Å². The van der Waals surface area contributed by atoms with Crippen LogP contribution in [0.3, 0.4) is 0 Å². The molecule has 158 valence electrons. The number of hydrogen-bond acceptors (Lipinski definition) is 6. The van der Waals surface area contributed by atoms with Gasteiger partial charge < -0.3 is 14.4 Å². The van der Waals surface area contributed by atoms with E-state index in [1.54, 1.807) is 4.90 Å². The molecule has 1 aliphatic heterocycles. The summed E-state index contributed by atoms with van der Waals surface area (Å²) < 4.78 is 13.3. The number of ether oxygens (including phenoxy) is 2. The molecule has 0 fully saturated rings. The lowest BCUT2D eigenvalue weighted by Crippen LogP contribution is -2.38. The fourth-order valence-electron chi connectivity index (χ4n) is 3.38. The van der Waals surface area contributed by atoms with Crippen LogP contribution in [0.15, 0.2) is 40.9 Å². The Morgan fingerprint density at radius 1 is 1.07 bits per heavy atom. The van der Waals surface area contributed by atoms with E-state index < -0.39 is 0 Å². The van der Waals surface area contributed by atoms with E-state index in [-0.39, 0.29) is 5.91 Å². The summed E-state index contributed by atoms with van der Waals surface area (Å²) in [6.07, 6.45) is 0. The second kappa shape index (κ2) is 9.32. The molecule has 0 N–H and O–H groups in total. The third-order valence-corrected chi connectivity index (χ3v) is 6.71. The standard InChI is InChI=1S/C22H24BrN3O3S/c1-3-25(4-2)9-10-26(21(27)15-5-7-16(23)8-6-15)22-24-17-13-18-19(14-20(17)30-22)29-12-11-28-18/h5-8,13-14H,3-4,9-12H2,1-2H3. The van der Waals surface area contributed by atoms with Crippen molar-refractivity contribution < 1.29 is 14.3 Å². The molecule has 0 saturated carbocycles. The average Bonchev–Trinajstić information content (AvgIpc) is 3.17. The molecule has 1 aliphatic rings. The maximum absolute atomic E-state index is 13.4.